The van der Waals surface area contributed by atoms with Gasteiger partial charge < -0.3 is 20.1 Å². The average Bonchev–Trinajstić information content (AvgIpc) is 3.49. The van der Waals surface area contributed by atoms with E-state index in [1.165, 1.54) is 4.90 Å². The predicted molar refractivity (Wildman–Crippen MR) is 121 cm³/mol. The topological polar surface area (TPSA) is 142 Å². The first-order valence-corrected chi connectivity index (χ1v) is 11.3. The molecule has 5 rings (SSSR count). The molecule has 3 atom stereocenters. The molecule has 0 spiro atoms. The number of hydrogen-bond donors (Lipinski definition) is 3. The monoisotopic (exact) mass is 477 g/mol. The zero-order valence-corrected chi connectivity index (χ0v) is 18.6. The van der Waals surface area contributed by atoms with Gasteiger partial charge in [-0.1, -0.05) is 48.5 Å². The van der Waals surface area contributed by atoms with Crippen LogP contribution in [0, 0.1) is 11.8 Å². The largest absolute Gasteiger partial charge is 0.481 e. The van der Waals surface area contributed by atoms with Gasteiger partial charge in [0, 0.05) is 19.0 Å². The molecule has 0 aromatic heterocycles. The van der Waals surface area contributed by atoms with Gasteiger partial charge >= 0.3 is 12.1 Å². The van der Waals surface area contributed by atoms with Crippen molar-refractivity contribution in [3.63, 3.8) is 0 Å². The maximum atomic E-state index is 13.0. The minimum atomic E-state index is -1.39. The summed E-state index contributed by atoms with van der Waals surface area (Å²) in [5.41, 5.74) is 4.17. The molecule has 35 heavy (non-hydrogen) atoms. The van der Waals surface area contributed by atoms with E-state index in [2.05, 4.69) is 10.6 Å². The third kappa shape index (κ3) is 4.11. The molecule has 2 aliphatic heterocycles. The Morgan fingerprint density at radius 2 is 1.51 bits per heavy atom. The first kappa shape index (κ1) is 22.6. The van der Waals surface area contributed by atoms with Crippen molar-refractivity contribution in [2.24, 2.45) is 11.8 Å². The number of ether oxygens (including phenoxy) is 1. The zero-order valence-electron chi connectivity index (χ0n) is 18.6. The molecule has 10 heteroatoms. The summed E-state index contributed by atoms with van der Waals surface area (Å²) in [6, 6.07) is 14.3. The van der Waals surface area contributed by atoms with E-state index in [4.69, 9.17) is 4.74 Å². The van der Waals surface area contributed by atoms with Crippen molar-refractivity contribution in [1.82, 2.24) is 15.5 Å². The van der Waals surface area contributed by atoms with E-state index in [0.29, 0.717) is 0 Å². The smallest absolute Gasteiger partial charge is 0.407 e. The van der Waals surface area contributed by atoms with Crippen molar-refractivity contribution in [3.05, 3.63) is 59.7 Å². The Bertz CT molecular complexity index is 1180. The predicted octanol–water partition coefficient (Wildman–Crippen LogP) is 1.10. The second-order valence-corrected chi connectivity index (χ2v) is 8.93. The standard InChI is InChI=1S/C25H23N3O7/c29-21(30)9-20(24(33)28-10-17-18(11-28)23(32)27-22(17)31)26-25(34)35-12-19-15-7-3-1-5-13(15)14-6-2-4-8-16(14)19/h1-8,17-20H,9-12H2,(H,26,34)(H,29,30)(H,27,31,32). The number of carbonyl (C=O) groups excluding carboxylic acids is 4. The van der Waals surface area contributed by atoms with Gasteiger partial charge in [0.15, 0.2) is 0 Å². The van der Waals surface area contributed by atoms with E-state index in [9.17, 15) is 29.1 Å². The molecule has 3 aliphatic rings. The molecule has 4 amide bonds. The molecule has 0 radical (unpaired) electrons. The quantitative estimate of drug-likeness (QED) is 0.529. The Morgan fingerprint density at radius 3 is 2.06 bits per heavy atom. The second kappa shape index (κ2) is 8.86. The number of amides is 4. The van der Waals surface area contributed by atoms with E-state index >= 15 is 0 Å². The molecule has 0 saturated carbocycles. The van der Waals surface area contributed by atoms with Crippen LogP contribution < -0.4 is 10.6 Å². The summed E-state index contributed by atoms with van der Waals surface area (Å²) in [7, 11) is 0. The lowest BCUT2D eigenvalue weighted by Crippen LogP contribution is -2.50. The van der Waals surface area contributed by atoms with E-state index < -0.39 is 54.1 Å². The highest BCUT2D eigenvalue weighted by molar-refractivity contribution is 6.06. The number of imide groups is 1. The lowest BCUT2D eigenvalue weighted by atomic mass is 9.98. The van der Waals surface area contributed by atoms with Crippen molar-refractivity contribution < 1.29 is 33.8 Å². The number of carbonyl (C=O) groups is 5. The number of nitrogens with one attached hydrogen (secondary N) is 2. The highest BCUT2D eigenvalue weighted by atomic mass is 16.5. The van der Waals surface area contributed by atoms with Gasteiger partial charge in [0.2, 0.25) is 17.7 Å². The summed E-state index contributed by atoms with van der Waals surface area (Å²) < 4.78 is 5.44. The van der Waals surface area contributed by atoms with Crippen LogP contribution in [-0.4, -0.2) is 65.5 Å². The number of benzene rings is 2. The molecule has 2 fully saturated rings. The molecule has 0 bridgehead atoms. The van der Waals surface area contributed by atoms with Crippen LogP contribution in [0.5, 0.6) is 0 Å². The number of fused-ring (bicyclic) bond motifs is 4. The van der Waals surface area contributed by atoms with Crippen LogP contribution in [0.15, 0.2) is 48.5 Å². The average molecular weight is 477 g/mol. The molecule has 2 heterocycles. The number of aliphatic carboxylic acids is 1. The number of hydrogen-bond acceptors (Lipinski definition) is 6. The number of alkyl carbamates (subject to hydrolysis) is 1. The molecule has 2 aromatic carbocycles. The van der Waals surface area contributed by atoms with Gasteiger partial charge in [-0.2, -0.15) is 0 Å². The highest BCUT2D eigenvalue weighted by Gasteiger charge is 2.50. The zero-order chi connectivity index (χ0) is 24.7. The maximum Gasteiger partial charge on any atom is 0.407 e. The summed E-state index contributed by atoms with van der Waals surface area (Å²) in [6.45, 7) is -0.0104. The van der Waals surface area contributed by atoms with E-state index in [1.54, 1.807) is 0 Å². The van der Waals surface area contributed by atoms with Gasteiger partial charge in [-0.3, -0.25) is 24.5 Å². The molecule has 2 aromatic rings. The van der Waals surface area contributed by atoms with Crippen molar-refractivity contribution in [2.75, 3.05) is 19.7 Å². The fourth-order valence-electron chi connectivity index (χ4n) is 5.20. The van der Waals surface area contributed by atoms with Crippen LogP contribution in [0.25, 0.3) is 11.1 Å². The molecule has 3 unspecified atom stereocenters. The molecule has 1 aliphatic carbocycles. The normalized spacial score (nSPS) is 21.1. The van der Waals surface area contributed by atoms with Crippen LogP contribution >= 0.6 is 0 Å². The first-order valence-electron chi connectivity index (χ1n) is 11.3. The van der Waals surface area contributed by atoms with Crippen LogP contribution in [0.2, 0.25) is 0 Å². The van der Waals surface area contributed by atoms with E-state index in [0.717, 1.165) is 22.3 Å². The van der Waals surface area contributed by atoms with E-state index in [1.807, 2.05) is 48.5 Å². The summed E-state index contributed by atoms with van der Waals surface area (Å²) in [4.78, 5) is 62.0. The van der Waals surface area contributed by atoms with Crippen LogP contribution in [-0.2, 0) is 23.9 Å². The number of rotatable bonds is 6. The summed E-state index contributed by atoms with van der Waals surface area (Å²) >= 11 is 0. The summed E-state index contributed by atoms with van der Waals surface area (Å²) in [5, 5.41) is 13.9. The Morgan fingerprint density at radius 1 is 0.971 bits per heavy atom. The Labute approximate surface area is 200 Å². The van der Waals surface area contributed by atoms with Crippen LogP contribution in [0.4, 0.5) is 4.79 Å². The number of carboxylic acid groups (broad SMARTS) is 1. The summed E-state index contributed by atoms with van der Waals surface area (Å²) in [6.07, 6.45) is -1.57. The molecule has 180 valence electrons. The minimum Gasteiger partial charge on any atom is -0.481 e. The third-order valence-corrected chi connectivity index (χ3v) is 6.86. The van der Waals surface area contributed by atoms with Crippen molar-refractivity contribution in [3.8, 4) is 11.1 Å². The molecule has 3 N–H and O–H groups in total. The number of likely N-dealkylation sites (tertiary alicyclic amines) is 1. The first-order chi connectivity index (χ1) is 16.8. The molecular formula is C25H23N3O7. The second-order valence-electron chi connectivity index (χ2n) is 8.93. The SMILES string of the molecule is O=C(O)CC(NC(=O)OCC1c2ccccc2-c2ccccc21)C(=O)N1CC2C(=O)NC(=O)C2C1. The Balaban J connectivity index is 1.25. The van der Waals surface area contributed by atoms with Gasteiger partial charge in [-0.25, -0.2) is 4.79 Å². The minimum absolute atomic E-state index is 0.0103. The van der Waals surface area contributed by atoms with Crippen molar-refractivity contribution in [1.29, 1.82) is 0 Å². The number of nitrogens with zero attached hydrogens (tertiary/aromatic N) is 1. The van der Waals surface area contributed by atoms with Gasteiger partial charge in [-0.15, -0.1) is 0 Å². The van der Waals surface area contributed by atoms with Crippen molar-refractivity contribution in [2.45, 2.75) is 18.4 Å². The van der Waals surface area contributed by atoms with Gasteiger partial charge in [0.1, 0.15) is 12.6 Å². The Kier molecular flexibility index (Phi) is 5.72. The van der Waals surface area contributed by atoms with E-state index in [-0.39, 0.29) is 25.6 Å². The summed E-state index contributed by atoms with van der Waals surface area (Å²) in [5.74, 6) is -4.36. The lowest BCUT2D eigenvalue weighted by molar-refractivity contribution is -0.142. The van der Waals surface area contributed by atoms with Gasteiger partial charge in [0.25, 0.3) is 0 Å². The van der Waals surface area contributed by atoms with Gasteiger partial charge in [0.05, 0.1) is 18.3 Å². The fourth-order valence-corrected chi connectivity index (χ4v) is 5.20. The fraction of sp³-hybridized carbons (Fsp3) is 0.320. The highest BCUT2D eigenvalue weighted by Crippen LogP contribution is 2.44. The van der Waals surface area contributed by atoms with Crippen molar-refractivity contribution >= 4 is 29.8 Å². The maximum absolute atomic E-state index is 13.0. The van der Waals surface area contributed by atoms with Gasteiger partial charge in [-0.05, 0) is 22.3 Å². The third-order valence-electron chi connectivity index (χ3n) is 6.86. The van der Waals surface area contributed by atoms with Crippen LogP contribution in [0.3, 0.4) is 0 Å². The number of carboxylic acids is 1. The lowest BCUT2D eigenvalue weighted by Gasteiger charge is -2.24. The Hall–Kier alpha value is -4.21. The molecule has 2 saturated heterocycles. The molecular weight excluding hydrogens is 454 g/mol. The van der Waals surface area contributed by atoms with Crippen LogP contribution in [0.1, 0.15) is 23.5 Å². The molecule has 10 nitrogen and oxygen atoms in total.